The van der Waals surface area contributed by atoms with Crippen molar-refractivity contribution in [1.82, 2.24) is 25.3 Å². The van der Waals surface area contributed by atoms with E-state index in [-0.39, 0.29) is 5.91 Å². The van der Waals surface area contributed by atoms with Gasteiger partial charge in [-0.3, -0.25) is 14.8 Å². The maximum absolute atomic E-state index is 12.0. The van der Waals surface area contributed by atoms with Crippen molar-refractivity contribution in [2.24, 2.45) is 0 Å². The van der Waals surface area contributed by atoms with Gasteiger partial charge in [0.2, 0.25) is 0 Å². The molecular formula is C14H11N5O. The lowest BCUT2D eigenvalue weighted by molar-refractivity contribution is 0.0950. The summed E-state index contributed by atoms with van der Waals surface area (Å²) in [5.41, 5.74) is 2.37. The van der Waals surface area contributed by atoms with Crippen LogP contribution < -0.4 is 5.32 Å². The first-order chi connectivity index (χ1) is 9.83. The van der Waals surface area contributed by atoms with Crippen molar-refractivity contribution in [3.05, 3.63) is 60.3 Å². The molecule has 0 fully saturated rings. The number of nitrogens with zero attached hydrogens (tertiary/aromatic N) is 4. The molecule has 3 aromatic heterocycles. The normalized spacial score (nSPS) is 10.4. The molecule has 0 aliphatic rings. The van der Waals surface area contributed by atoms with Gasteiger partial charge < -0.3 is 5.32 Å². The third-order valence-corrected chi connectivity index (χ3v) is 2.74. The molecule has 0 spiro atoms. The van der Waals surface area contributed by atoms with Gasteiger partial charge in [0.05, 0.1) is 17.8 Å². The fourth-order valence-corrected chi connectivity index (χ4v) is 1.76. The van der Waals surface area contributed by atoms with Gasteiger partial charge in [0.1, 0.15) is 5.52 Å². The Balaban J connectivity index is 1.75. The summed E-state index contributed by atoms with van der Waals surface area (Å²) in [4.78, 5) is 28.5. The minimum Gasteiger partial charge on any atom is -0.346 e. The van der Waals surface area contributed by atoms with Crippen molar-refractivity contribution in [2.75, 3.05) is 0 Å². The minimum absolute atomic E-state index is 0.212. The number of carbonyl (C=O) groups is 1. The molecule has 0 saturated carbocycles. The molecule has 3 heterocycles. The Morgan fingerprint density at radius 1 is 1.05 bits per heavy atom. The molecule has 3 rings (SSSR count). The summed E-state index contributed by atoms with van der Waals surface area (Å²) in [6.45, 7) is 0.373. The van der Waals surface area contributed by atoms with Crippen LogP contribution in [0, 0.1) is 0 Å². The number of pyridine rings is 2. The van der Waals surface area contributed by atoms with Crippen LogP contribution in [0.2, 0.25) is 0 Å². The second-order valence-corrected chi connectivity index (χ2v) is 4.13. The highest BCUT2D eigenvalue weighted by Gasteiger charge is 2.08. The number of nitrogens with one attached hydrogen (secondary N) is 1. The first kappa shape index (κ1) is 12.2. The van der Waals surface area contributed by atoms with E-state index in [9.17, 15) is 4.79 Å². The zero-order valence-electron chi connectivity index (χ0n) is 10.5. The van der Waals surface area contributed by atoms with Crippen LogP contribution in [0.25, 0.3) is 11.2 Å². The predicted octanol–water partition coefficient (Wildman–Crippen LogP) is 1.35. The van der Waals surface area contributed by atoms with E-state index in [1.165, 1.54) is 6.20 Å². The number of rotatable bonds is 3. The molecule has 0 aliphatic carbocycles. The van der Waals surface area contributed by atoms with E-state index >= 15 is 0 Å². The Morgan fingerprint density at radius 3 is 2.80 bits per heavy atom. The molecule has 1 N–H and O–H groups in total. The van der Waals surface area contributed by atoms with E-state index in [0.717, 1.165) is 5.69 Å². The van der Waals surface area contributed by atoms with Crippen LogP contribution in [-0.4, -0.2) is 25.8 Å². The van der Waals surface area contributed by atoms with E-state index in [4.69, 9.17) is 0 Å². The summed E-state index contributed by atoms with van der Waals surface area (Å²) >= 11 is 0. The van der Waals surface area contributed by atoms with Crippen molar-refractivity contribution in [2.45, 2.75) is 6.54 Å². The Bertz CT molecular complexity index is 745. The fourth-order valence-electron chi connectivity index (χ4n) is 1.76. The molecule has 3 aromatic rings. The number of carbonyl (C=O) groups excluding carboxylic acids is 1. The Hall–Kier alpha value is -2.89. The number of hydrogen-bond acceptors (Lipinski definition) is 5. The zero-order valence-corrected chi connectivity index (χ0v) is 10.5. The lowest BCUT2D eigenvalue weighted by atomic mass is 10.2. The number of aromatic nitrogens is 4. The minimum atomic E-state index is -0.212. The summed E-state index contributed by atoms with van der Waals surface area (Å²) in [5, 5.41) is 2.79. The SMILES string of the molecule is O=C(NCc1ccccn1)c1cnc2nccnc2c1. The van der Waals surface area contributed by atoms with Gasteiger partial charge in [-0.15, -0.1) is 0 Å². The van der Waals surface area contributed by atoms with E-state index in [0.29, 0.717) is 23.3 Å². The van der Waals surface area contributed by atoms with Gasteiger partial charge in [0, 0.05) is 24.8 Å². The van der Waals surface area contributed by atoms with Crippen molar-refractivity contribution in [1.29, 1.82) is 0 Å². The average molecular weight is 265 g/mol. The lowest BCUT2D eigenvalue weighted by Crippen LogP contribution is -2.23. The van der Waals surface area contributed by atoms with Crippen LogP contribution in [0.3, 0.4) is 0 Å². The fraction of sp³-hybridized carbons (Fsp3) is 0.0714. The Kier molecular flexibility index (Phi) is 3.28. The van der Waals surface area contributed by atoms with Crippen molar-refractivity contribution >= 4 is 17.1 Å². The zero-order chi connectivity index (χ0) is 13.8. The van der Waals surface area contributed by atoms with Gasteiger partial charge in [-0.1, -0.05) is 6.07 Å². The van der Waals surface area contributed by atoms with Crippen LogP contribution >= 0.6 is 0 Å². The van der Waals surface area contributed by atoms with Gasteiger partial charge >= 0.3 is 0 Å². The second-order valence-electron chi connectivity index (χ2n) is 4.13. The third-order valence-electron chi connectivity index (χ3n) is 2.74. The third kappa shape index (κ3) is 2.59. The lowest BCUT2D eigenvalue weighted by Gasteiger charge is -2.04. The van der Waals surface area contributed by atoms with Gasteiger partial charge in [0.15, 0.2) is 5.65 Å². The molecule has 0 saturated heterocycles. The van der Waals surface area contributed by atoms with Gasteiger partial charge in [0.25, 0.3) is 5.91 Å². The quantitative estimate of drug-likeness (QED) is 0.773. The van der Waals surface area contributed by atoms with E-state index in [1.807, 2.05) is 18.2 Å². The van der Waals surface area contributed by atoms with Crippen LogP contribution in [0.1, 0.15) is 16.1 Å². The second kappa shape index (κ2) is 5.40. The molecule has 6 heteroatoms. The molecule has 98 valence electrons. The maximum atomic E-state index is 12.0. The highest BCUT2D eigenvalue weighted by atomic mass is 16.1. The van der Waals surface area contributed by atoms with Crippen LogP contribution in [0.5, 0.6) is 0 Å². The first-order valence-electron chi connectivity index (χ1n) is 6.08. The van der Waals surface area contributed by atoms with Crippen LogP contribution in [-0.2, 0) is 6.54 Å². The Labute approximate surface area is 114 Å². The molecule has 20 heavy (non-hydrogen) atoms. The summed E-state index contributed by atoms with van der Waals surface area (Å²) in [5.74, 6) is -0.212. The van der Waals surface area contributed by atoms with E-state index in [2.05, 4.69) is 25.3 Å². The van der Waals surface area contributed by atoms with E-state index in [1.54, 1.807) is 24.7 Å². The molecule has 0 aromatic carbocycles. The number of amides is 1. The highest BCUT2D eigenvalue weighted by molar-refractivity contribution is 5.96. The summed E-state index contributed by atoms with van der Waals surface area (Å²) in [6.07, 6.45) is 6.31. The first-order valence-corrected chi connectivity index (χ1v) is 6.08. The monoisotopic (exact) mass is 265 g/mol. The predicted molar refractivity (Wildman–Crippen MR) is 72.7 cm³/mol. The molecule has 0 atom stereocenters. The van der Waals surface area contributed by atoms with Crippen LogP contribution in [0.15, 0.2) is 49.1 Å². The highest BCUT2D eigenvalue weighted by Crippen LogP contribution is 2.07. The average Bonchev–Trinajstić information content (AvgIpc) is 2.53. The van der Waals surface area contributed by atoms with Gasteiger partial charge in [-0.2, -0.15) is 0 Å². The molecule has 6 nitrogen and oxygen atoms in total. The molecule has 1 amide bonds. The van der Waals surface area contributed by atoms with Crippen LogP contribution in [0.4, 0.5) is 0 Å². The molecule has 0 unspecified atom stereocenters. The smallest absolute Gasteiger partial charge is 0.253 e. The number of hydrogen-bond donors (Lipinski definition) is 1. The van der Waals surface area contributed by atoms with Gasteiger partial charge in [-0.25, -0.2) is 9.97 Å². The molecule has 0 bridgehead atoms. The van der Waals surface area contributed by atoms with Crippen molar-refractivity contribution < 1.29 is 4.79 Å². The van der Waals surface area contributed by atoms with E-state index < -0.39 is 0 Å². The molecular weight excluding hydrogens is 254 g/mol. The topological polar surface area (TPSA) is 80.7 Å². The summed E-state index contributed by atoms with van der Waals surface area (Å²) < 4.78 is 0. The standard InChI is InChI=1S/C14H11N5O/c20-14(19-9-11-3-1-2-4-15-11)10-7-12-13(18-8-10)17-6-5-16-12/h1-8H,9H2,(H,19,20). The Morgan fingerprint density at radius 2 is 1.95 bits per heavy atom. The number of fused-ring (bicyclic) bond motifs is 1. The molecule has 0 radical (unpaired) electrons. The maximum Gasteiger partial charge on any atom is 0.253 e. The molecule has 0 aliphatic heterocycles. The largest absolute Gasteiger partial charge is 0.346 e. The summed E-state index contributed by atoms with van der Waals surface area (Å²) in [7, 11) is 0. The van der Waals surface area contributed by atoms with Gasteiger partial charge in [-0.05, 0) is 18.2 Å². The van der Waals surface area contributed by atoms with Crippen molar-refractivity contribution in [3.63, 3.8) is 0 Å². The summed E-state index contributed by atoms with van der Waals surface area (Å²) in [6, 6.07) is 7.23. The van der Waals surface area contributed by atoms with Crippen molar-refractivity contribution in [3.8, 4) is 0 Å².